The second-order valence-corrected chi connectivity index (χ2v) is 9.88. The topological polar surface area (TPSA) is 75.3 Å². The van der Waals surface area contributed by atoms with Crippen molar-refractivity contribution in [3.8, 4) is 0 Å². The van der Waals surface area contributed by atoms with Gasteiger partial charge in [0.2, 0.25) is 15.9 Å². The highest BCUT2D eigenvalue weighted by Crippen LogP contribution is 2.22. The number of hydrogen-bond acceptors (Lipinski definition) is 3. The van der Waals surface area contributed by atoms with Gasteiger partial charge < -0.3 is 5.32 Å². The maximum absolute atomic E-state index is 13.4. The molecule has 32 heavy (non-hydrogen) atoms. The van der Waals surface area contributed by atoms with Gasteiger partial charge in [-0.1, -0.05) is 78.4 Å². The van der Waals surface area contributed by atoms with Crippen molar-refractivity contribution in [1.29, 1.82) is 0 Å². The fraction of sp³-hybridized carbons (Fsp3) is 0.269. The van der Waals surface area contributed by atoms with Crippen molar-refractivity contribution in [3.05, 3.63) is 101 Å². The first-order chi connectivity index (χ1) is 15.2. The lowest BCUT2D eigenvalue weighted by Crippen LogP contribution is -2.48. The van der Waals surface area contributed by atoms with Crippen LogP contribution in [0.3, 0.4) is 0 Å². The van der Waals surface area contributed by atoms with Gasteiger partial charge in [-0.05, 0) is 56.4 Å². The average molecular weight is 451 g/mol. The molecule has 6 heteroatoms. The molecule has 0 bridgehead atoms. The third-order valence-corrected chi connectivity index (χ3v) is 7.20. The number of benzene rings is 3. The zero-order chi connectivity index (χ0) is 23.3. The monoisotopic (exact) mass is 450 g/mol. The molecular formula is C26H30N2O3S. The molecule has 1 amide bonds. The van der Waals surface area contributed by atoms with Crippen LogP contribution in [0.25, 0.3) is 0 Å². The second-order valence-electron chi connectivity index (χ2n) is 8.23. The van der Waals surface area contributed by atoms with Gasteiger partial charge in [-0.3, -0.25) is 4.79 Å². The lowest BCUT2D eigenvalue weighted by Gasteiger charge is -2.23. The fourth-order valence-corrected chi connectivity index (χ4v) is 5.66. The number of rotatable bonds is 8. The van der Waals surface area contributed by atoms with E-state index >= 15 is 0 Å². The Morgan fingerprint density at radius 1 is 0.875 bits per heavy atom. The first-order valence-corrected chi connectivity index (χ1v) is 12.1. The predicted molar refractivity (Wildman–Crippen MR) is 128 cm³/mol. The summed E-state index contributed by atoms with van der Waals surface area (Å²) in [6.45, 7) is 7.37. The molecule has 0 saturated carbocycles. The van der Waals surface area contributed by atoms with E-state index in [-0.39, 0.29) is 23.3 Å². The van der Waals surface area contributed by atoms with E-state index in [2.05, 4.69) is 10.0 Å². The van der Waals surface area contributed by atoms with Gasteiger partial charge in [0.25, 0.3) is 0 Å². The van der Waals surface area contributed by atoms with Crippen LogP contribution in [-0.2, 0) is 21.2 Å². The van der Waals surface area contributed by atoms with Crippen LogP contribution in [0, 0.1) is 20.8 Å². The highest BCUT2D eigenvalue weighted by Gasteiger charge is 2.29. The number of aryl methyl sites for hydroxylation is 3. The van der Waals surface area contributed by atoms with E-state index in [1.54, 1.807) is 13.8 Å². The lowest BCUT2D eigenvalue weighted by molar-refractivity contribution is -0.123. The van der Waals surface area contributed by atoms with Crippen molar-refractivity contribution in [3.63, 3.8) is 0 Å². The Bertz CT molecular complexity index is 1150. The summed E-state index contributed by atoms with van der Waals surface area (Å²) >= 11 is 0. The summed E-state index contributed by atoms with van der Waals surface area (Å²) in [7, 11) is -3.91. The SMILES string of the molecule is Cc1cc(C)c(S(=O)(=O)N[C@H](Cc2ccccc2)C(=O)N[C@H](C)c2ccccc2)c(C)c1. The van der Waals surface area contributed by atoms with Crippen LogP contribution in [-0.4, -0.2) is 20.4 Å². The third kappa shape index (κ3) is 5.84. The van der Waals surface area contributed by atoms with Gasteiger partial charge >= 0.3 is 0 Å². The van der Waals surface area contributed by atoms with E-state index in [0.717, 1.165) is 16.7 Å². The fourth-order valence-electron chi connectivity index (χ4n) is 4.01. The molecule has 168 valence electrons. The van der Waals surface area contributed by atoms with Gasteiger partial charge in [-0.2, -0.15) is 4.72 Å². The summed E-state index contributed by atoms with van der Waals surface area (Å²) < 4.78 is 29.4. The van der Waals surface area contributed by atoms with Crippen molar-refractivity contribution in [1.82, 2.24) is 10.0 Å². The van der Waals surface area contributed by atoms with Crippen LogP contribution < -0.4 is 10.0 Å². The first kappa shape index (κ1) is 23.7. The van der Waals surface area contributed by atoms with Crippen molar-refractivity contribution < 1.29 is 13.2 Å². The molecule has 0 unspecified atom stereocenters. The van der Waals surface area contributed by atoms with Crippen LogP contribution in [0.4, 0.5) is 0 Å². The molecule has 0 aromatic heterocycles. The van der Waals surface area contributed by atoms with Gasteiger partial charge in [0, 0.05) is 0 Å². The summed E-state index contributed by atoms with van der Waals surface area (Å²) in [5, 5.41) is 2.96. The predicted octanol–water partition coefficient (Wildman–Crippen LogP) is 4.38. The summed E-state index contributed by atoms with van der Waals surface area (Å²) in [6.07, 6.45) is 0.247. The minimum atomic E-state index is -3.91. The van der Waals surface area contributed by atoms with Gasteiger partial charge in [-0.15, -0.1) is 0 Å². The highest BCUT2D eigenvalue weighted by molar-refractivity contribution is 7.89. The molecule has 0 heterocycles. The Hall–Kier alpha value is -2.96. The Morgan fingerprint density at radius 2 is 1.41 bits per heavy atom. The number of nitrogens with one attached hydrogen (secondary N) is 2. The lowest BCUT2D eigenvalue weighted by atomic mass is 10.0. The Balaban J connectivity index is 1.90. The number of carbonyl (C=O) groups excluding carboxylic acids is 1. The number of hydrogen-bond donors (Lipinski definition) is 2. The highest BCUT2D eigenvalue weighted by atomic mass is 32.2. The second kappa shape index (κ2) is 10.1. The molecule has 0 saturated heterocycles. The van der Waals surface area contributed by atoms with Crippen LogP contribution >= 0.6 is 0 Å². The summed E-state index contributed by atoms with van der Waals surface area (Å²) in [5.41, 5.74) is 4.14. The molecule has 0 aliphatic rings. The van der Waals surface area contributed by atoms with Gasteiger partial charge in [0.05, 0.1) is 10.9 Å². The Kier molecular flexibility index (Phi) is 7.48. The largest absolute Gasteiger partial charge is 0.348 e. The Labute approximate surface area is 190 Å². The van der Waals surface area contributed by atoms with E-state index in [1.807, 2.05) is 86.6 Å². The van der Waals surface area contributed by atoms with Crippen LogP contribution in [0.2, 0.25) is 0 Å². The summed E-state index contributed by atoms with van der Waals surface area (Å²) in [4.78, 5) is 13.5. The van der Waals surface area contributed by atoms with Crippen LogP contribution in [0.15, 0.2) is 77.7 Å². The van der Waals surface area contributed by atoms with Gasteiger partial charge in [-0.25, -0.2) is 8.42 Å². The van der Waals surface area contributed by atoms with E-state index in [0.29, 0.717) is 11.1 Å². The molecule has 0 radical (unpaired) electrons. The minimum Gasteiger partial charge on any atom is -0.348 e. The van der Waals surface area contributed by atoms with E-state index in [9.17, 15) is 13.2 Å². The quantitative estimate of drug-likeness (QED) is 0.535. The zero-order valence-electron chi connectivity index (χ0n) is 18.9. The average Bonchev–Trinajstić information content (AvgIpc) is 2.73. The zero-order valence-corrected chi connectivity index (χ0v) is 19.7. The Morgan fingerprint density at radius 3 is 1.97 bits per heavy atom. The minimum absolute atomic E-state index is 0.227. The van der Waals surface area contributed by atoms with Crippen LogP contribution in [0.5, 0.6) is 0 Å². The van der Waals surface area contributed by atoms with E-state index in [4.69, 9.17) is 0 Å². The molecule has 3 aromatic rings. The number of amides is 1. The smallest absolute Gasteiger partial charge is 0.241 e. The van der Waals surface area contributed by atoms with E-state index in [1.165, 1.54) is 0 Å². The van der Waals surface area contributed by atoms with Crippen molar-refractivity contribution in [2.45, 2.75) is 51.1 Å². The van der Waals surface area contributed by atoms with Gasteiger partial charge in [0.1, 0.15) is 6.04 Å². The molecule has 2 atom stereocenters. The molecule has 0 spiro atoms. The standard InChI is InChI=1S/C26H30N2O3S/c1-18-15-19(2)25(20(3)16-18)32(30,31)28-24(17-22-11-7-5-8-12-22)26(29)27-21(4)23-13-9-6-10-14-23/h5-16,21,24,28H,17H2,1-4H3,(H,27,29)/t21-,24-/m1/s1. The molecule has 5 nitrogen and oxygen atoms in total. The molecule has 0 fully saturated rings. The van der Waals surface area contributed by atoms with Crippen molar-refractivity contribution in [2.24, 2.45) is 0 Å². The maximum atomic E-state index is 13.4. The molecular weight excluding hydrogens is 420 g/mol. The molecule has 2 N–H and O–H groups in total. The number of sulfonamides is 1. The molecule has 3 rings (SSSR count). The van der Waals surface area contributed by atoms with Crippen molar-refractivity contribution in [2.75, 3.05) is 0 Å². The molecule has 0 aliphatic carbocycles. The first-order valence-electron chi connectivity index (χ1n) is 10.7. The molecule has 0 aliphatic heterocycles. The van der Waals surface area contributed by atoms with Crippen LogP contribution in [0.1, 0.15) is 40.8 Å². The van der Waals surface area contributed by atoms with Crippen molar-refractivity contribution >= 4 is 15.9 Å². The third-order valence-electron chi connectivity index (χ3n) is 5.43. The normalized spacial score (nSPS) is 13.4. The summed E-state index contributed by atoms with van der Waals surface area (Å²) in [6, 6.07) is 21.5. The van der Waals surface area contributed by atoms with E-state index < -0.39 is 16.1 Å². The number of carbonyl (C=O) groups is 1. The maximum Gasteiger partial charge on any atom is 0.241 e. The molecule has 3 aromatic carbocycles. The van der Waals surface area contributed by atoms with Gasteiger partial charge in [0.15, 0.2) is 0 Å². The summed E-state index contributed by atoms with van der Waals surface area (Å²) in [5.74, 6) is -0.365.